The molecule has 0 aromatic carbocycles. The minimum atomic E-state index is -4.43. The molecule has 0 fully saturated rings. The molecule has 0 aliphatic rings. The minimum Gasteiger partial charge on any atom is -0.375 e. The van der Waals surface area contributed by atoms with Crippen molar-refractivity contribution in [3.63, 3.8) is 0 Å². The van der Waals surface area contributed by atoms with Crippen molar-refractivity contribution in [3.05, 3.63) is 43.6 Å². The van der Waals surface area contributed by atoms with Gasteiger partial charge in [0.2, 0.25) is 5.91 Å². The molecule has 0 saturated carbocycles. The molecule has 0 saturated heterocycles. The lowest BCUT2D eigenvalue weighted by molar-refractivity contribution is -0.118. The fourth-order valence-electron chi connectivity index (χ4n) is 1.92. The quantitative estimate of drug-likeness (QED) is 0.249. The van der Waals surface area contributed by atoms with E-state index in [-0.39, 0.29) is 0 Å². The number of aliphatic hydroxyl groups is 1. The van der Waals surface area contributed by atoms with Crippen LogP contribution in [0.1, 0.15) is 13.8 Å². The molecule has 0 spiro atoms. The van der Waals surface area contributed by atoms with E-state index in [0.29, 0.717) is 13.7 Å². The topological polar surface area (TPSA) is 175 Å². The minimum absolute atomic E-state index is 0.379. The van der Waals surface area contributed by atoms with E-state index in [4.69, 9.17) is 5.84 Å². The third-order valence-corrected chi connectivity index (χ3v) is 4.77. The average molecular weight is 389 g/mol. The number of carbonyl (C=O) groups is 1. The smallest absolute Gasteiger partial charge is 0.344 e. The summed E-state index contributed by atoms with van der Waals surface area (Å²) >= 11 is 0. The van der Waals surface area contributed by atoms with E-state index in [0.717, 1.165) is 12.4 Å². The van der Waals surface area contributed by atoms with Crippen molar-refractivity contribution in [2.24, 2.45) is 5.84 Å². The lowest BCUT2D eigenvalue weighted by atomic mass is 10.6. The molecule has 1 unspecified atom stereocenters. The number of hydrogen-bond donors (Lipinski definition) is 3. The number of aromatic nitrogens is 3. The van der Waals surface area contributed by atoms with Gasteiger partial charge in [-0.05, 0) is 13.8 Å². The maximum atomic E-state index is 12.3. The van der Waals surface area contributed by atoms with Gasteiger partial charge in [-0.1, -0.05) is 12.2 Å². The predicted octanol–water partition coefficient (Wildman–Crippen LogP) is -3.12. The second-order valence-corrected chi connectivity index (χ2v) is 7.15. The first-order valence-corrected chi connectivity index (χ1v) is 8.94. The summed E-state index contributed by atoms with van der Waals surface area (Å²) < 4.78 is 25.4. The summed E-state index contributed by atoms with van der Waals surface area (Å²) in [5, 5.41) is 9.89. The molecule has 144 valence electrons. The Balaban J connectivity index is 3.55. The summed E-state index contributed by atoms with van der Waals surface area (Å²) in [7, 11) is -4.43. The van der Waals surface area contributed by atoms with Crippen LogP contribution in [0, 0.1) is 0 Å². The number of amides is 1. The zero-order valence-corrected chi connectivity index (χ0v) is 14.8. The number of nitrogens with zero attached hydrogens (tertiary/aromatic N) is 3. The van der Waals surface area contributed by atoms with Gasteiger partial charge in [-0.15, -0.1) is 0 Å². The normalized spacial score (nSPS) is 13.4. The number of carbonyl (C=O) groups excluding carboxylic acids is 1. The van der Waals surface area contributed by atoms with Crippen molar-refractivity contribution in [1.29, 1.82) is 0 Å². The lowest BCUT2D eigenvalue weighted by Crippen LogP contribution is -2.53. The van der Waals surface area contributed by atoms with Crippen molar-refractivity contribution in [2.75, 3.05) is 5.75 Å². The van der Waals surface area contributed by atoms with Crippen LogP contribution in [-0.4, -0.2) is 44.3 Å². The van der Waals surface area contributed by atoms with Gasteiger partial charge in [0.15, 0.2) is 15.3 Å². The zero-order chi connectivity index (χ0) is 20.1. The van der Waals surface area contributed by atoms with Gasteiger partial charge in [0.25, 0.3) is 0 Å². The van der Waals surface area contributed by atoms with Crippen LogP contribution in [-0.2, 0) is 21.2 Å². The Bertz CT molecular complexity index is 963. The average Bonchev–Trinajstić information content (AvgIpc) is 2.58. The molecule has 0 aliphatic heterocycles. The first kappa shape index (κ1) is 21.3. The van der Waals surface area contributed by atoms with Gasteiger partial charge < -0.3 is 5.11 Å². The highest BCUT2D eigenvalue weighted by Crippen LogP contribution is 2.01. The highest BCUT2D eigenvalue weighted by molar-refractivity contribution is 7.92. The Morgan fingerprint density at radius 2 is 1.58 bits per heavy atom. The molecule has 12 nitrogen and oxygen atoms in total. The zero-order valence-electron chi connectivity index (χ0n) is 14.0. The number of nitrogens with two attached hydrogens (primary N) is 1. The predicted molar refractivity (Wildman–Crippen MR) is 93.4 cm³/mol. The molecular formula is C13H19N5O7S. The van der Waals surface area contributed by atoms with Gasteiger partial charge in [-0.2, -0.15) is 0 Å². The first-order valence-electron chi connectivity index (χ1n) is 7.23. The van der Waals surface area contributed by atoms with E-state index in [1.807, 2.05) is 0 Å². The van der Waals surface area contributed by atoms with E-state index in [2.05, 4.69) is 0 Å². The van der Waals surface area contributed by atoms with Crippen LogP contribution < -0.4 is 28.3 Å². The Morgan fingerprint density at radius 3 is 1.96 bits per heavy atom. The van der Waals surface area contributed by atoms with Gasteiger partial charge in [0, 0.05) is 12.4 Å². The van der Waals surface area contributed by atoms with Gasteiger partial charge in [-0.3, -0.25) is 10.2 Å². The number of hydrazine groups is 1. The molecule has 1 heterocycles. The number of nitrogens with one attached hydrogen (secondary N) is 1. The third-order valence-electron chi connectivity index (χ3n) is 3.13. The molecule has 0 radical (unpaired) electrons. The Kier molecular flexibility index (Phi) is 7.00. The summed E-state index contributed by atoms with van der Waals surface area (Å²) in [4.78, 5) is 47.9. The van der Waals surface area contributed by atoms with E-state index >= 15 is 0 Å². The monoisotopic (exact) mass is 389 g/mol. The van der Waals surface area contributed by atoms with Crippen molar-refractivity contribution < 1.29 is 18.3 Å². The summed E-state index contributed by atoms with van der Waals surface area (Å²) in [5.41, 5.74) is -3.90. The number of allylic oxidation sites excluding steroid dienone is 2. The number of aliphatic hydroxyl groups excluding tert-OH is 1. The Hall–Kier alpha value is -2.77. The molecule has 4 N–H and O–H groups in total. The van der Waals surface area contributed by atoms with Crippen LogP contribution in [0.4, 0.5) is 0 Å². The van der Waals surface area contributed by atoms with Gasteiger partial charge in [0.05, 0.1) is 6.54 Å². The SMILES string of the molecule is C/C=C/n1c(=O)n(/C=C/C)c(=O)n(CC(O)S(=O)(=O)CC(=O)NN)c1=O. The molecule has 1 rings (SSSR count). The van der Waals surface area contributed by atoms with Crippen molar-refractivity contribution in [1.82, 2.24) is 19.1 Å². The van der Waals surface area contributed by atoms with E-state index in [9.17, 15) is 32.7 Å². The fraction of sp³-hybridized carbons (Fsp3) is 0.385. The van der Waals surface area contributed by atoms with Crippen LogP contribution in [0.15, 0.2) is 26.5 Å². The molecular weight excluding hydrogens is 370 g/mol. The molecule has 1 aromatic rings. The summed E-state index contributed by atoms with van der Waals surface area (Å²) in [6.45, 7) is 2.06. The maximum Gasteiger partial charge on any atom is 0.344 e. The van der Waals surface area contributed by atoms with Gasteiger partial charge in [-0.25, -0.2) is 42.3 Å². The molecule has 1 amide bonds. The maximum absolute atomic E-state index is 12.3. The van der Waals surface area contributed by atoms with Gasteiger partial charge in [0.1, 0.15) is 5.75 Å². The van der Waals surface area contributed by atoms with Crippen LogP contribution in [0.25, 0.3) is 12.4 Å². The van der Waals surface area contributed by atoms with E-state index in [1.54, 1.807) is 5.43 Å². The Morgan fingerprint density at radius 1 is 1.12 bits per heavy atom. The van der Waals surface area contributed by atoms with E-state index < -0.39 is 50.5 Å². The highest BCUT2D eigenvalue weighted by atomic mass is 32.2. The van der Waals surface area contributed by atoms with Crippen LogP contribution in [0.5, 0.6) is 0 Å². The van der Waals surface area contributed by atoms with Crippen molar-refractivity contribution in [2.45, 2.75) is 25.8 Å². The first-order chi connectivity index (χ1) is 12.1. The second kappa shape index (κ2) is 8.55. The van der Waals surface area contributed by atoms with E-state index in [1.165, 1.54) is 26.0 Å². The summed E-state index contributed by atoms with van der Waals surface area (Å²) in [6.07, 6.45) is 4.89. The molecule has 0 aliphatic carbocycles. The van der Waals surface area contributed by atoms with Crippen LogP contribution >= 0.6 is 0 Å². The molecule has 13 heteroatoms. The highest BCUT2D eigenvalue weighted by Gasteiger charge is 2.28. The molecule has 1 aromatic heterocycles. The largest absolute Gasteiger partial charge is 0.375 e. The molecule has 0 bridgehead atoms. The van der Waals surface area contributed by atoms with Crippen LogP contribution in [0.2, 0.25) is 0 Å². The summed E-state index contributed by atoms with van der Waals surface area (Å²) in [6, 6.07) is 0. The standard InChI is InChI=1S/C13H19N5O7S/c1-3-5-16-11(21)17(6-4-2)13(23)18(12(16)22)7-10(20)26(24,25)8-9(19)15-14/h3-6,10,20H,7-8,14H2,1-2H3,(H,15,19)/b5-3+,6-4+. The van der Waals surface area contributed by atoms with Crippen molar-refractivity contribution in [3.8, 4) is 0 Å². The molecule has 26 heavy (non-hydrogen) atoms. The fourth-order valence-corrected chi connectivity index (χ4v) is 2.94. The summed E-state index contributed by atoms with van der Waals surface area (Å²) in [5.74, 6) is 2.57. The third kappa shape index (κ3) is 4.44. The molecule has 1 atom stereocenters. The van der Waals surface area contributed by atoms with Gasteiger partial charge >= 0.3 is 17.1 Å². The number of sulfone groups is 1. The lowest BCUT2D eigenvalue weighted by Gasteiger charge is -2.14. The Labute approximate surface area is 147 Å². The second-order valence-electron chi connectivity index (χ2n) is 4.99. The number of rotatable bonds is 7. The van der Waals surface area contributed by atoms with Crippen LogP contribution in [0.3, 0.4) is 0 Å². The number of hydrogen-bond acceptors (Lipinski definition) is 8. The van der Waals surface area contributed by atoms with Crippen molar-refractivity contribution >= 4 is 28.1 Å².